The number of nitrogens with zero attached hydrogens (tertiary/aromatic N) is 4. The van der Waals surface area contributed by atoms with Crippen LogP contribution in [0.3, 0.4) is 0 Å². The van der Waals surface area contributed by atoms with E-state index in [0.717, 1.165) is 37.4 Å². The molecule has 3 heterocycles. The minimum absolute atomic E-state index is 0.207. The first-order valence-electron chi connectivity index (χ1n) is 7.84. The zero-order chi connectivity index (χ0) is 16.2. The van der Waals surface area contributed by atoms with Crippen LogP contribution in [-0.2, 0) is 13.1 Å². The van der Waals surface area contributed by atoms with Crippen molar-refractivity contribution in [1.82, 2.24) is 19.4 Å². The Morgan fingerprint density at radius 3 is 2.52 bits per heavy atom. The minimum atomic E-state index is -0.319. The van der Waals surface area contributed by atoms with Gasteiger partial charge in [-0.3, -0.25) is 14.7 Å². The summed E-state index contributed by atoms with van der Waals surface area (Å²) >= 11 is 0. The fraction of sp³-hybridized carbons (Fsp3) is 0.412. The summed E-state index contributed by atoms with van der Waals surface area (Å²) in [5.74, 6) is -0.207. The normalized spacial score (nSPS) is 16.6. The van der Waals surface area contributed by atoms with E-state index >= 15 is 0 Å². The van der Waals surface area contributed by atoms with Crippen molar-refractivity contribution in [2.45, 2.75) is 13.1 Å². The summed E-state index contributed by atoms with van der Waals surface area (Å²) in [6.07, 6.45) is 5.03. The highest BCUT2D eigenvalue weighted by molar-refractivity contribution is 5.22. The van der Waals surface area contributed by atoms with Crippen LogP contribution in [0.15, 0.2) is 41.6 Å². The molecular weight excluding hydrogens is 292 g/mol. The molecule has 2 aromatic heterocycles. The van der Waals surface area contributed by atoms with Crippen molar-refractivity contribution in [3.8, 4) is 5.75 Å². The van der Waals surface area contributed by atoms with Crippen LogP contribution >= 0.6 is 0 Å². The Balaban J connectivity index is 1.83. The third-order valence-electron chi connectivity index (χ3n) is 4.28. The maximum Gasteiger partial charge on any atom is 0.223 e. The largest absolute Gasteiger partial charge is 0.503 e. The summed E-state index contributed by atoms with van der Waals surface area (Å²) in [4.78, 5) is 20.5. The number of pyridine rings is 2. The predicted molar refractivity (Wildman–Crippen MR) is 88.5 cm³/mol. The summed E-state index contributed by atoms with van der Waals surface area (Å²) in [6.45, 7) is 5.37. The van der Waals surface area contributed by atoms with E-state index in [1.165, 1.54) is 6.20 Å². The zero-order valence-electron chi connectivity index (χ0n) is 13.4. The second kappa shape index (κ2) is 6.93. The van der Waals surface area contributed by atoms with Gasteiger partial charge in [0.2, 0.25) is 5.43 Å². The van der Waals surface area contributed by atoms with Gasteiger partial charge >= 0.3 is 0 Å². The average Bonchev–Trinajstić information content (AvgIpc) is 2.55. The lowest BCUT2D eigenvalue weighted by molar-refractivity contribution is 0.145. The van der Waals surface area contributed by atoms with Crippen LogP contribution < -0.4 is 5.43 Å². The van der Waals surface area contributed by atoms with Crippen LogP contribution in [0.1, 0.15) is 11.3 Å². The van der Waals surface area contributed by atoms with E-state index in [1.54, 1.807) is 18.5 Å². The number of hydrogen-bond acceptors (Lipinski definition) is 5. The molecule has 1 N–H and O–H groups in total. The number of piperazine rings is 1. The zero-order valence-corrected chi connectivity index (χ0v) is 13.4. The van der Waals surface area contributed by atoms with Gasteiger partial charge in [-0.25, -0.2) is 0 Å². The molecule has 0 radical (unpaired) electrons. The molecule has 0 aliphatic carbocycles. The molecule has 6 heteroatoms. The van der Waals surface area contributed by atoms with Crippen molar-refractivity contribution >= 4 is 0 Å². The molecule has 1 fully saturated rings. The minimum Gasteiger partial charge on any atom is -0.503 e. The molecule has 3 rings (SSSR count). The molecule has 1 aliphatic heterocycles. The number of hydrogen-bond donors (Lipinski definition) is 1. The first-order chi connectivity index (χ1) is 11.1. The Kier molecular flexibility index (Phi) is 4.73. The molecule has 1 aliphatic rings. The van der Waals surface area contributed by atoms with Gasteiger partial charge in [-0.1, -0.05) is 0 Å². The quantitative estimate of drug-likeness (QED) is 0.902. The van der Waals surface area contributed by atoms with Crippen LogP contribution in [0.5, 0.6) is 5.75 Å². The van der Waals surface area contributed by atoms with Crippen molar-refractivity contribution in [2.75, 3.05) is 33.2 Å². The maximum absolute atomic E-state index is 11.8. The molecule has 0 amide bonds. The van der Waals surface area contributed by atoms with Gasteiger partial charge < -0.3 is 14.6 Å². The third-order valence-corrected chi connectivity index (χ3v) is 4.28. The lowest BCUT2D eigenvalue weighted by atomic mass is 10.2. The monoisotopic (exact) mass is 314 g/mol. The standard InChI is InChI=1S/C17H22N4O2/c1-19-6-8-20(9-7-19)12-15-10-16(22)17(23)13-21(15)11-14-2-4-18-5-3-14/h2-5,10,13,23H,6-9,11-12H2,1H3. The Bertz CT molecular complexity index is 706. The molecule has 0 bridgehead atoms. The SMILES string of the molecule is CN1CCN(Cc2cc(=O)c(O)cn2Cc2ccncc2)CC1. The van der Waals surface area contributed by atoms with Crippen LogP contribution in [-0.4, -0.2) is 57.7 Å². The fourth-order valence-corrected chi connectivity index (χ4v) is 2.81. The van der Waals surface area contributed by atoms with Crippen molar-refractivity contribution in [1.29, 1.82) is 0 Å². The molecule has 6 nitrogen and oxygen atoms in total. The van der Waals surface area contributed by atoms with Gasteiger partial charge in [-0.2, -0.15) is 0 Å². The first-order valence-corrected chi connectivity index (χ1v) is 7.84. The summed E-state index contributed by atoms with van der Waals surface area (Å²) in [6, 6.07) is 5.43. The van der Waals surface area contributed by atoms with E-state index < -0.39 is 0 Å². The predicted octanol–water partition coefficient (Wildman–Crippen LogP) is 0.745. The van der Waals surface area contributed by atoms with Gasteiger partial charge in [0.25, 0.3) is 0 Å². The molecule has 1 saturated heterocycles. The maximum atomic E-state index is 11.8. The van der Waals surface area contributed by atoms with E-state index in [1.807, 2.05) is 16.7 Å². The third kappa shape index (κ3) is 3.97. The van der Waals surface area contributed by atoms with Gasteiger partial charge in [-0.05, 0) is 24.7 Å². The van der Waals surface area contributed by atoms with Gasteiger partial charge in [0, 0.05) is 63.4 Å². The first kappa shape index (κ1) is 15.7. The van der Waals surface area contributed by atoms with Crippen molar-refractivity contribution in [3.63, 3.8) is 0 Å². The van der Waals surface area contributed by atoms with E-state index in [4.69, 9.17) is 0 Å². The van der Waals surface area contributed by atoms with Gasteiger partial charge in [0.05, 0.1) is 6.20 Å². The summed E-state index contributed by atoms with van der Waals surface area (Å²) < 4.78 is 1.95. The molecule has 0 spiro atoms. The Morgan fingerprint density at radius 2 is 1.83 bits per heavy atom. The van der Waals surface area contributed by atoms with Gasteiger partial charge in [0.1, 0.15) is 0 Å². The molecule has 0 unspecified atom stereocenters. The highest BCUT2D eigenvalue weighted by atomic mass is 16.3. The van der Waals surface area contributed by atoms with Crippen LogP contribution in [0.2, 0.25) is 0 Å². The lowest BCUT2D eigenvalue weighted by Crippen LogP contribution is -2.44. The average molecular weight is 314 g/mol. The highest BCUT2D eigenvalue weighted by Crippen LogP contribution is 2.12. The van der Waals surface area contributed by atoms with Gasteiger partial charge in [0.15, 0.2) is 5.75 Å². The second-order valence-corrected chi connectivity index (χ2v) is 6.08. The van der Waals surface area contributed by atoms with E-state index in [9.17, 15) is 9.90 Å². The molecule has 2 aromatic rings. The number of aromatic hydroxyl groups is 1. The van der Waals surface area contributed by atoms with Crippen molar-refractivity contribution in [2.24, 2.45) is 0 Å². The second-order valence-electron chi connectivity index (χ2n) is 6.08. The summed E-state index contributed by atoms with van der Waals surface area (Å²) in [5.41, 5.74) is 1.69. The Morgan fingerprint density at radius 1 is 1.13 bits per heavy atom. The topological polar surface area (TPSA) is 61.6 Å². The van der Waals surface area contributed by atoms with E-state index in [0.29, 0.717) is 13.1 Å². The summed E-state index contributed by atoms with van der Waals surface area (Å²) in [5, 5.41) is 9.78. The molecule has 0 aromatic carbocycles. The molecular formula is C17H22N4O2. The fourth-order valence-electron chi connectivity index (χ4n) is 2.81. The van der Waals surface area contributed by atoms with Gasteiger partial charge in [-0.15, -0.1) is 0 Å². The van der Waals surface area contributed by atoms with Crippen molar-refractivity contribution in [3.05, 3.63) is 58.3 Å². The number of likely N-dealkylation sites (N-methyl/N-ethyl adjacent to an activating group) is 1. The summed E-state index contributed by atoms with van der Waals surface area (Å²) in [7, 11) is 2.12. The van der Waals surface area contributed by atoms with Crippen molar-refractivity contribution < 1.29 is 5.11 Å². The molecule has 122 valence electrons. The molecule has 0 saturated carbocycles. The lowest BCUT2D eigenvalue weighted by Gasteiger charge is -2.32. The number of aromatic nitrogens is 2. The smallest absolute Gasteiger partial charge is 0.223 e. The Labute approximate surface area is 135 Å². The highest BCUT2D eigenvalue weighted by Gasteiger charge is 2.16. The molecule has 0 atom stereocenters. The van der Waals surface area contributed by atoms with E-state index in [-0.39, 0.29) is 11.2 Å². The Hall–Kier alpha value is -2.18. The molecule has 23 heavy (non-hydrogen) atoms. The van der Waals surface area contributed by atoms with Crippen LogP contribution in [0.25, 0.3) is 0 Å². The van der Waals surface area contributed by atoms with E-state index in [2.05, 4.69) is 21.8 Å². The van der Waals surface area contributed by atoms with Crippen LogP contribution in [0.4, 0.5) is 0 Å². The van der Waals surface area contributed by atoms with Crippen LogP contribution in [0, 0.1) is 0 Å². The number of rotatable bonds is 4.